The number of aliphatic carboxylic acids is 1. The zero-order valence-corrected chi connectivity index (χ0v) is 13.0. The molecule has 0 rings (SSSR count). The molecule has 0 heterocycles. The highest BCUT2D eigenvalue weighted by molar-refractivity contribution is 5.92. The van der Waals surface area contributed by atoms with Crippen molar-refractivity contribution in [2.45, 2.75) is 19.0 Å². The van der Waals surface area contributed by atoms with Gasteiger partial charge in [0.25, 0.3) is 0 Å². The van der Waals surface area contributed by atoms with Crippen molar-refractivity contribution in [2.75, 3.05) is 26.2 Å². The minimum atomic E-state index is -1.34. The average Bonchev–Trinajstić information content (AvgIpc) is 2.54. The molecule has 0 spiro atoms. The first-order valence-corrected chi connectivity index (χ1v) is 6.88. The van der Waals surface area contributed by atoms with E-state index in [-0.39, 0.29) is 6.54 Å². The van der Waals surface area contributed by atoms with Gasteiger partial charge in [0, 0.05) is 0 Å². The molecule has 0 saturated carbocycles. The fourth-order valence-corrected chi connectivity index (χ4v) is 1.34. The maximum Gasteiger partial charge on any atom is 0.325 e. The predicted molar refractivity (Wildman–Crippen MR) is 79.3 cm³/mol. The molecular formula is C12H21N5O7. The highest BCUT2D eigenvalue weighted by atomic mass is 16.4. The number of nitrogens with two attached hydrogens (primary N) is 1. The molecule has 0 bridgehead atoms. The number of aliphatic hydroxyl groups excluding tert-OH is 1. The van der Waals surface area contributed by atoms with Gasteiger partial charge in [0.1, 0.15) is 12.1 Å². The molecule has 0 radical (unpaired) electrons. The SMILES string of the molecule is CC(NC(=O)CNC(=O)C(CO)NC(=O)CNC(=O)CN)C(=O)O. The summed E-state index contributed by atoms with van der Waals surface area (Å²) in [6, 6.07) is -2.47. The summed E-state index contributed by atoms with van der Waals surface area (Å²) in [5.74, 6) is -4.16. The number of carboxylic acid groups (broad SMARTS) is 1. The van der Waals surface area contributed by atoms with Crippen molar-refractivity contribution in [3.63, 3.8) is 0 Å². The third-order valence-electron chi connectivity index (χ3n) is 2.64. The number of hydrogen-bond acceptors (Lipinski definition) is 7. The monoisotopic (exact) mass is 347 g/mol. The number of carbonyl (C=O) groups is 5. The molecule has 0 aromatic carbocycles. The summed E-state index contributed by atoms with van der Waals surface area (Å²) >= 11 is 0. The van der Waals surface area contributed by atoms with E-state index in [1.165, 1.54) is 6.92 Å². The van der Waals surface area contributed by atoms with Crippen molar-refractivity contribution in [1.82, 2.24) is 21.3 Å². The van der Waals surface area contributed by atoms with Crippen molar-refractivity contribution >= 4 is 29.6 Å². The molecule has 2 unspecified atom stereocenters. The molecule has 8 N–H and O–H groups in total. The van der Waals surface area contributed by atoms with Gasteiger partial charge >= 0.3 is 5.97 Å². The second kappa shape index (κ2) is 10.9. The average molecular weight is 347 g/mol. The second-order valence-electron chi connectivity index (χ2n) is 4.63. The van der Waals surface area contributed by atoms with E-state index in [1.54, 1.807) is 0 Å². The van der Waals surface area contributed by atoms with Crippen LogP contribution < -0.4 is 27.0 Å². The van der Waals surface area contributed by atoms with Crippen molar-refractivity contribution in [2.24, 2.45) is 5.73 Å². The van der Waals surface area contributed by atoms with Crippen LogP contribution in [0.1, 0.15) is 6.92 Å². The maximum atomic E-state index is 11.7. The van der Waals surface area contributed by atoms with Crippen LogP contribution in [0.5, 0.6) is 0 Å². The summed E-state index contributed by atoms with van der Waals surface area (Å²) in [6.45, 7) is -0.770. The summed E-state index contributed by atoms with van der Waals surface area (Å²) in [5.41, 5.74) is 5.03. The molecule has 0 aliphatic heterocycles. The van der Waals surface area contributed by atoms with Crippen LogP contribution in [0.25, 0.3) is 0 Å². The van der Waals surface area contributed by atoms with Crippen LogP contribution in [-0.2, 0) is 24.0 Å². The molecule has 24 heavy (non-hydrogen) atoms. The number of aliphatic hydroxyl groups is 1. The molecule has 136 valence electrons. The Morgan fingerprint density at radius 1 is 0.958 bits per heavy atom. The molecule has 0 saturated heterocycles. The van der Waals surface area contributed by atoms with E-state index in [9.17, 15) is 24.0 Å². The molecule has 0 fully saturated rings. The van der Waals surface area contributed by atoms with Crippen molar-refractivity contribution < 1.29 is 34.2 Å². The van der Waals surface area contributed by atoms with Gasteiger partial charge in [-0.25, -0.2) is 0 Å². The lowest BCUT2D eigenvalue weighted by atomic mass is 10.2. The lowest BCUT2D eigenvalue weighted by molar-refractivity contribution is -0.141. The van der Waals surface area contributed by atoms with E-state index < -0.39 is 61.4 Å². The Morgan fingerprint density at radius 3 is 2.00 bits per heavy atom. The van der Waals surface area contributed by atoms with Crippen LogP contribution in [0.3, 0.4) is 0 Å². The third-order valence-corrected chi connectivity index (χ3v) is 2.64. The molecule has 0 aromatic heterocycles. The Balaban J connectivity index is 4.29. The fourth-order valence-electron chi connectivity index (χ4n) is 1.34. The topological polar surface area (TPSA) is 200 Å². The smallest absolute Gasteiger partial charge is 0.325 e. The van der Waals surface area contributed by atoms with E-state index in [0.29, 0.717) is 0 Å². The fraction of sp³-hybridized carbons (Fsp3) is 0.583. The van der Waals surface area contributed by atoms with Gasteiger partial charge in [0.15, 0.2) is 0 Å². The second-order valence-corrected chi connectivity index (χ2v) is 4.63. The molecular weight excluding hydrogens is 326 g/mol. The Hall–Kier alpha value is -2.73. The molecule has 0 aliphatic carbocycles. The normalized spacial score (nSPS) is 12.5. The molecule has 0 aromatic rings. The van der Waals surface area contributed by atoms with E-state index in [4.69, 9.17) is 15.9 Å². The minimum absolute atomic E-state index is 0.304. The first-order valence-electron chi connectivity index (χ1n) is 6.88. The van der Waals surface area contributed by atoms with Crippen LogP contribution in [0.2, 0.25) is 0 Å². The summed E-state index contributed by atoms with van der Waals surface area (Å²) in [5, 5.41) is 26.3. The Morgan fingerprint density at radius 2 is 1.50 bits per heavy atom. The number of carboxylic acids is 1. The van der Waals surface area contributed by atoms with E-state index in [2.05, 4.69) is 21.3 Å². The molecule has 12 nitrogen and oxygen atoms in total. The lowest BCUT2D eigenvalue weighted by Gasteiger charge is -2.16. The van der Waals surface area contributed by atoms with E-state index in [1.807, 2.05) is 0 Å². The lowest BCUT2D eigenvalue weighted by Crippen LogP contribution is -2.53. The zero-order chi connectivity index (χ0) is 18.7. The molecule has 2 atom stereocenters. The van der Waals surface area contributed by atoms with Gasteiger partial charge in [-0.15, -0.1) is 0 Å². The van der Waals surface area contributed by atoms with Gasteiger partial charge < -0.3 is 37.2 Å². The van der Waals surface area contributed by atoms with Crippen LogP contribution in [0.4, 0.5) is 0 Å². The van der Waals surface area contributed by atoms with Gasteiger partial charge in [-0.2, -0.15) is 0 Å². The largest absolute Gasteiger partial charge is 0.480 e. The Kier molecular flexibility index (Phi) is 9.67. The summed E-state index contributed by atoms with van der Waals surface area (Å²) in [7, 11) is 0. The summed E-state index contributed by atoms with van der Waals surface area (Å²) in [6.07, 6.45) is 0. The standard InChI is InChI=1S/C12H21N5O7/c1-6(12(23)24)16-9(20)4-15-11(22)7(5-18)17-10(21)3-14-8(19)2-13/h6-7,18H,2-5,13H2,1H3,(H,14,19)(H,15,22)(H,16,20)(H,17,21)(H,23,24). The number of nitrogens with one attached hydrogen (secondary N) is 4. The first kappa shape index (κ1) is 21.3. The molecule has 0 aliphatic rings. The molecule has 12 heteroatoms. The van der Waals surface area contributed by atoms with Crippen molar-refractivity contribution in [3.8, 4) is 0 Å². The third kappa shape index (κ3) is 8.65. The summed E-state index contributed by atoms with van der Waals surface area (Å²) in [4.78, 5) is 56.1. The zero-order valence-electron chi connectivity index (χ0n) is 13.0. The first-order chi connectivity index (χ1) is 11.2. The van der Waals surface area contributed by atoms with Gasteiger partial charge in [0.2, 0.25) is 23.6 Å². The van der Waals surface area contributed by atoms with Crippen LogP contribution in [0.15, 0.2) is 0 Å². The highest BCUT2D eigenvalue weighted by Gasteiger charge is 2.21. The minimum Gasteiger partial charge on any atom is -0.480 e. The van der Waals surface area contributed by atoms with Gasteiger partial charge in [-0.1, -0.05) is 0 Å². The Labute approximate surface area is 137 Å². The quantitative estimate of drug-likeness (QED) is 0.204. The van der Waals surface area contributed by atoms with Crippen molar-refractivity contribution in [1.29, 1.82) is 0 Å². The van der Waals surface area contributed by atoms with Gasteiger partial charge in [-0.3, -0.25) is 24.0 Å². The van der Waals surface area contributed by atoms with Gasteiger partial charge in [-0.05, 0) is 6.92 Å². The number of carbonyl (C=O) groups excluding carboxylic acids is 4. The number of rotatable bonds is 10. The predicted octanol–water partition coefficient (Wildman–Crippen LogP) is -4.76. The van der Waals surface area contributed by atoms with Crippen LogP contribution in [-0.4, -0.2) is 78.1 Å². The maximum absolute atomic E-state index is 11.7. The van der Waals surface area contributed by atoms with Crippen LogP contribution >= 0.6 is 0 Å². The summed E-state index contributed by atoms with van der Waals surface area (Å²) < 4.78 is 0. The van der Waals surface area contributed by atoms with Gasteiger partial charge in [0.05, 0.1) is 26.2 Å². The van der Waals surface area contributed by atoms with Crippen molar-refractivity contribution in [3.05, 3.63) is 0 Å². The van der Waals surface area contributed by atoms with Crippen LogP contribution in [0, 0.1) is 0 Å². The highest BCUT2D eigenvalue weighted by Crippen LogP contribution is 1.85. The van der Waals surface area contributed by atoms with E-state index in [0.717, 1.165) is 0 Å². The number of hydrogen-bond donors (Lipinski definition) is 7. The Bertz CT molecular complexity index is 496. The number of amides is 4. The van der Waals surface area contributed by atoms with E-state index >= 15 is 0 Å². The molecule has 4 amide bonds.